The first-order chi connectivity index (χ1) is 8.68. The minimum atomic E-state index is -4.87. The summed E-state index contributed by atoms with van der Waals surface area (Å²) in [5, 5.41) is 0. The van der Waals surface area contributed by atoms with Crippen molar-refractivity contribution in [3.8, 4) is 0 Å². The maximum Gasteiger partial charge on any atom is 0.418 e. The van der Waals surface area contributed by atoms with Crippen molar-refractivity contribution >= 4 is 28.6 Å². The number of hydrogen-bond donors (Lipinski definition) is 0. The zero-order valence-electron chi connectivity index (χ0n) is 9.39. The number of alkyl halides is 5. The van der Waals surface area contributed by atoms with Gasteiger partial charge in [-0.05, 0) is 28.2 Å². The molecular formula is C10H7F5INO2. The first-order valence-electron chi connectivity index (χ1n) is 4.78. The molecule has 106 valence electrons. The number of ether oxygens (including phenoxy) is 1. The van der Waals surface area contributed by atoms with Gasteiger partial charge in [0.25, 0.3) is 6.43 Å². The number of methoxy groups -OCH3 is 1. The lowest BCUT2D eigenvalue weighted by Gasteiger charge is -2.16. The average molecular weight is 395 g/mol. The Balaban J connectivity index is 3.49. The molecule has 1 heterocycles. The number of halogens is 6. The molecule has 0 atom stereocenters. The lowest BCUT2D eigenvalue weighted by atomic mass is 10.0. The molecule has 0 bridgehead atoms. The average Bonchev–Trinajstić information content (AvgIpc) is 2.26. The zero-order chi connectivity index (χ0) is 14.8. The second-order valence-corrected chi connectivity index (χ2v) is 4.43. The van der Waals surface area contributed by atoms with Crippen molar-refractivity contribution in [3.63, 3.8) is 0 Å². The quantitative estimate of drug-likeness (QED) is 0.341. The van der Waals surface area contributed by atoms with E-state index < -0.39 is 41.7 Å². The molecule has 1 rings (SSSR count). The second-order valence-electron chi connectivity index (χ2n) is 3.41. The highest BCUT2D eigenvalue weighted by Gasteiger charge is 2.37. The highest BCUT2D eigenvalue weighted by atomic mass is 127. The van der Waals surface area contributed by atoms with Gasteiger partial charge in [-0.1, -0.05) is 0 Å². The zero-order valence-corrected chi connectivity index (χ0v) is 11.6. The summed E-state index contributed by atoms with van der Waals surface area (Å²) in [7, 11) is 0.962. The summed E-state index contributed by atoms with van der Waals surface area (Å²) >= 11 is 1.39. The van der Waals surface area contributed by atoms with Crippen molar-refractivity contribution in [2.75, 3.05) is 7.11 Å². The Bertz CT molecular complexity index is 490. The molecule has 1 aromatic rings. The Morgan fingerprint density at radius 3 is 2.47 bits per heavy atom. The van der Waals surface area contributed by atoms with Crippen molar-refractivity contribution in [3.05, 3.63) is 26.6 Å². The Morgan fingerprint density at radius 2 is 2.05 bits per heavy atom. The van der Waals surface area contributed by atoms with Gasteiger partial charge in [-0.25, -0.2) is 13.8 Å². The number of pyridine rings is 1. The molecule has 0 aromatic carbocycles. The van der Waals surface area contributed by atoms with E-state index in [0.29, 0.717) is 6.20 Å². The van der Waals surface area contributed by atoms with Crippen LogP contribution in [0.1, 0.15) is 23.1 Å². The van der Waals surface area contributed by atoms with Crippen LogP contribution in [0.5, 0.6) is 0 Å². The lowest BCUT2D eigenvalue weighted by molar-refractivity contribution is -0.141. The fraction of sp³-hybridized carbons (Fsp3) is 0.400. The third-order valence-electron chi connectivity index (χ3n) is 2.25. The van der Waals surface area contributed by atoms with E-state index in [1.807, 2.05) is 0 Å². The van der Waals surface area contributed by atoms with E-state index >= 15 is 0 Å². The monoisotopic (exact) mass is 395 g/mol. The maximum absolute atomic E-state index is 12.8. The van der Waals surface area contributed by atoms with Gasteiger partial charge in [-0.15, -0.1) is 0 Å². The molecule has 0 N–H and O–H groups in total. The SMILES string of the molecule is COC(=O)Cc1c(C(F)(F)F)cnc(I)c1C(F)F. The Morgan fingerprint density at radius 1 is 1.47 bits per heavy atom. The topological polar surface area (TPSA) is 39.2 Å². The molecule has 9 heteroatoms. The maximum atomic E-state index is 12.8. The van der Waals surface area contributed by atoms with Crippen LogP contribution in [0, 0.1) is 3.70 Å². The van der Waals surface area contributed by atoms with E-state index in [1.54, 1.807) is 0 Å². The molecule has 0 amide bonds. The molecule has 0 fully saturated rings. The van der Waals surface area contributed by atoms with Crippen molar-refractivity contribution in [1.82, 2.24) is 4.98 Å². The molecular weight excluding hydrogens is 388 g/mol. The largest absolute Gasteiger partial charge is 0.469 e. The van der Waals surface area contributed by atoms with Gasteiger partial charge in [-0.3, -0.25) is 4.79 Å². The third-order valence-corrected chi connectivity index (χ3v) is 3.11. The standard InChI is InChI=1S/C10H7F5INO2/c1-19-6(18)2-4-5(10(13,14)15)3-17-9(16)7(4)8(11)12/h3,8H,2H2,1H3. The van der Waals surface area contributed by atoms with Crippen LogP contribution < -0.4 is 0 Å². The summed E-state index contributed by atoms with van der Waals surface area (Å²) < 4.78 is 67.9. The van der Waals surface area contributed by atoms with E-state index in [0.717, 1.165) is 7.11 Å². The second kappa shape index (κ2) is 5.97. The number of rotatable bonds is 3. The van der Waals surface area contributed by atoms with Crippen LogP contribution in [0.3, 0.4) is 0 Å². The van der Waals surface area contributed by atoms with Gasteiger partial charge in [0.05, 0.1) is 24.7 Å². The van der Waals surface area contributed by atoms with Gasteiger partial charge < -0.3 is 4.74 Å². The van der Waals surface area contributed by atoms with E-state index in [2.05, 4.69) is 9.72 Å². The van der Waals surface area contributed by atoms with Crippen LogP contribution in [0.4, 0.5) is 22.0 Å². The third kappa shape index (κ3) is 3.74. The number of carbonyl (C=O) groups is 1. The predicted octanol–water partition coefficient (Wildman–Crippen LogP) is 3.36. The summed E-state index contributed by atoms with van der Waals surface area (Å²) in [6.45, 7) is 0. The molecule has 0 unspecified atom stereocenters. The van der Waals surface area contributed by atoms with Crippen molar-refractivity contribution in [2.45, 2.75) is 19.0 Å². The molecule has 19 heavy (non-hydrogen) atoms. The smallest absolute Gasteiger partial charge is 0.418 e. The molecule has 0 saturated carbocycles. The Labute approximate surface area is 118 Å². The molecule has 0 radical (unpaired) electrons. The minimum Gasteiger partial charge on any atom is -0.469 e. The van der Waals surface area contributed by atoms with E-state index in [9.17, 15) is 26.7 Å². The summed E-state index contributed by atoms with van der Waals surface area (Å²) in [6.07, 6.45) is -8.49. The van der Waals surface area contributed by atoms with Crippen LogP contribution in [0.2, 0.25) is 0 Å². The van der Waals surface area contributed by atoms with Gasteiger partial charge >= 0.3 is 12.1 Å². The molecule has 0 saturated heterocycles. The Hall–Kier alpha value is -1.00. The van der Waals surface area contributed by atoms with E-state index in [4.69, 9.17) is 0 Å². The minimum absolute atomic E-state index is 0.278. The number of hydrogen-bond acceptors (Lipinski definition) is 3. The number of esters is 1. The summed E-state index contributed by atoms with van der Waals surface area (Å²) in [5.74, 6) is -1.03. The van der Waals surface area contributed by atoms with Crippen LogP contribution in [-0.4, -0.2) is 18.1 Å². The van der Waals surface area contributed by atoms with Gasteiger partial charge in [0, 0.05) is 6.20 Å². The van der Waals surface area contributed by atoms with Crippen LogP contribution in [0.25, 0.3) is 0 Å². The molecule has 0 spiro atoms. The van der Waals surface area contributed by atoms with Crippen molar-refractivity contribution in [2.24, 2.45) is 0 Å². The van der Waals surface area contributed by atoms with Crippen LogP contribution in [-0.2, 0) is 22.1 Å². The van der Waals surface area contributed by atoms with Gasteiger partial charge in [-0.2, -0.15) is 13.2 Å². The first kappa shape index (κ1) is 16.1. The van der Waals surface area contributed by atoms with Crippen LogP contribution in [0.15, 0.2) is 6.20 Å². The fourth-order valence-electron chi connectivity index (χ4n) is 1.41. The van der Waals surface area contributed by atoms with Gasteiger partial charge in [0.1, 0.15) is 3.70 Å². The van der Waals surface area contributed by atoms with Crippen LogP contribution >= 0.6 is 22.6 Å². The number of carbonyl (C=O) groups excluding carboxylic acids is 1. The lowest BCUT2D eigenvalue weighted by Crippen LogP contribution is -2.17. The molecule has 0 aliphatic rings. The normalized spacial score (nSPS) is 11.8. The predicted molar refractivity (Wildman–Crippen MR) is 62.6 cm³/mol. The van der Waals surface area contributed by atoms with Crippen molar-refractivity contribution < 1.29 is 31.5 Å². The molecule has 0 aliphatic heterocycles. The molecule has 0 aliphatic carbocycles. The number of nitrogens with zero attached hydrogens (tertiary/aromatic N) is 1. The molecule has 3 nitrogen and oxygen atoms in total. The summed E-state index contributed by atoms with van der Waals surface area (Å²) in [5.41, 5.74) is -3.04. The first-order valence-corrected chi connectivity index (χ1v) is 5.85. The van der Waals surface area contributed by atoms with Gasteiger partial charge in [0.2, 0.25) is 0 Å². The highest BCUT2D eigenvalue weighted by Crippen LogP contribution is 2.37. The fourth-order valence-corrected chi connectivity index (χ4v) is 2.11. The number of aromatic nitrogens is 1. The summed E-state index contributed by atoms with van der Waals surface area (Å²) in [6, 6.07) is 0. The summed E-state index contributed by atoms with van der Waals surface area (Å²) in [4.78, 5) is 14.4. The Kier molecular flexibility index (Phi) is 5.04. The van der Waals surface area contributed by atoms with Gasteiger partial charge in [0.15, 0.2) is 0 Å². The van der Waals surface area contributed by atoms with E-state index in [1.165, 1.54) is 22.6 Å². The molecule has 1 aromatic heterocycles. The highest BCUT2D eigenvalue weighted by molar-refractivity contribution is 14.1. The van der Waals surface area contributed by atoms with E-state index in [-0.39, 0.29) is 3.70 Å². The van der Waals surface area contributed by atoms with Crippen molar-refractivity contribution in [1.29, 1.82) is 0 Å².